The first-order valence-electron chi connectivity index (χ1n) is 5.07. The predicted molar refractivity (Wildman–Crippen MR) is 56.5 cm³/mol. The summed E-state index contributed by atoms with van der Waals surface area (Å²) in [5, 5.41) is 0. The number of halogens is 3. The highest BCUT2D eigenvalue weighted by Gasteiger charge is 2.28. The van der Waals surface area contributed by atoms with Gasteiger partial charge in [0.15, 0.2) is 0 Å². The number of hydrogen-bond acceptors (Lipinski definition) is 3. The molecular weight excluding hydrogens is 235 g/mol. The summed E-state index contributed by atoms with van der Waals surface area (Å²) in [5.41, 5.74) is 6.53. The molecule has 1 rings (SSSR count). The van der Waals surface area contributed by atoms with Crippen molar-refractivity contribution in [3.8, 4) is 5.75 Å². The molecule has 0 radical (unpaired) electrons. The highest BCUT2D eigenvalue weighted by atomic mass is 19.4. The van der Waals surface area contributed by atoms with Crippen LogP contribution in [0.15, 0.2) is 24.3 Å². The molecule has 0 aliphatic rings. The Balaban J connectivity index is 2.39. The third-order valence-corrected chi connectivity index (χ3v) is 2.00. The molecule has 17 heavy (non-hydrogen) atoms. The third kappa shape index (κ3) is 5.55. The molecule has 1 aromatic carbocycles. The minimum atomic E-state index is -4.61. The van der Waals surface area contributed by atoms with Crippen LogP contribution < -0.4 is 10.5 Å². The molecule has 0 amide bonds. The van der Waals surface area contributed by atoms with E-state index >= 15 is 0 Å². The van der Waals surface area contributed by atoms with Crippen LogP contribution in [0.2, 0.25) is 0 Å². The van der Waals surface area contributed by atoms with Crippen molar-refractivity contribution < 1.29 is 22.6 Å². The molecule has 0 aliphatic heterocycles. The molecule has 0 fully saturated rings. The molecule has 0 heterocycles. The van der Waals surface area contributed by atoms with Crippen molar-refractivity contribution in [1.29, 1.82) is 0 Å². The molecule has 0 aliphatic carbocycles. The lowest BCUT2D eigenvalue weighted by molar-refractivity contribution is -0.325. The summed E-state index contributed by atoms with van der Waals surface area (Å²) < 4.78 is 43.7. The van der Waals surface area contributed by atoms with Gasteiger partial charge < -0.3 is 10.5 Å². The zero-order valence-electron chi connectivity index (χ0n) is 9.33. The van der Waals surface area contributed by atoms with E-state index in [-0.39, 0.29) is 12.6 Å². The van der Waals surface area contributed by atoms with Gasteiger partial charge in [0.1, 0.15) is 12.4 Å². The number of alkyl halides is 3. The molecule has 1 atom stereocenters. The number of rotatable bonds is 5. The standard InChI is InChI=1S/C11H14F3NO2/c1-8(15)9-3-2-4-10(7-9)16-5-6-17-11(12,13)14/h2-4,7-8H,5-6,15H2,1H3. The van der Waals surface area contributed by atoms with Crippen molar-refractivity contribution >= 4 is 0 Å². The maximum Gasteiger partial charge on any atom is 0.522 e. The highest BCUT2D eigenvalue weighted by molar-refractivity contribution is 5.30. The van der Waals surface area contributed by atoms with E-state index in [1.807, 2.05) is 13.0 Å². The Morgan fingerprint density at radius 3 is 2.59 bits per heavy atom. The molecule has 0 saturated heterocycles. The van der Waals surface area contributed by atoms with E-state index in [1.54, 1.807) is 18.2 Å². The van der Waals surface area contributed by atoms with Crippen molar-refractivity contribution in [1.82, 2.24) is 0 Å². The fourth-order valence-corrected chi connectivity index (χ4v) is 1.20. The minimum Gasteiger partial charge on any atom is -0.491 e. The van der Waals surface area contributed by atoms with Crippen molar-refractivity contribution in [3.63, 3.8) is 0 Å². The Bertz CT molecular complexity index is 353. The summed E-state index contributed by atoms with van der Waals surface area (Å²) >= 11 is 0. The van der Waals surface area contributed by atoms with Crippen molar-refractivity contribution in [2.75, 3.05) is 13.2 Å². The Kier molecular flexibility index (Phi) is 4.77. The van der Waals surface area contributed by atoms with Gasteiger partial charge in [-0.2, -0.15) is 0 Å². The maximum atomic E-state index is 11.7. The van der Waals surface area contributed by atoms with Crippen LogP contribution >= 0.6 is 0 Å². The number of nitrogens with two attached hydrogens (primary N) is 1. The van der Waals surface area contributed by atoms with E-state index in [4.69, 9.17) is 10.5 Å². The van der Waals surface area contributed by atoms with Crippen molar-refractivity contribution in [3.05, 3.63) is 29.8 Å². The molecular formula is C11H14F3NO2. The Morgan fingerprint density at radius 2 is 2.00 bits per heavy atom. The Labute approximate surface area is 97.3 Å². The molecule has 1 unspecified atom stereocenters. The first-order chi connectivity index (χ1) is 7.88. The lowest BCUT2D eigenvalue weighted by atomic mass is 10.1. The average Bonchev–Trinajstić information content (AvgIpc) is 2.23. The minimum absolute atomic E-state index is 0.148. The smallest absolute Gasteiger partial charge is 0.491 e. The van der Waals surface area contributed by atoms with Crippen LogP contribution in [0.4, 0.5) is 13.2 Å². The SMILES string of the molecule is CC(N)c1cccc(OCCOC(F)(F)F)c1. The average molecular weight is 249 g/mol. The van der Waals surface area contributed by atoms with E-state index < -0.39 is 13.0 Å². The number of ether oxygens (including phenoxy) is 2. The van der Waals surface area contributed by atoms with Crippen LogP contribution in [0, 0.1) is 0 Å². The summed E-state index contributed by atoms with van der Waals surface area (Å²) in [6.45, 7) is 1.11. The Morgan fingerprint density at radius 1 is 1.29 bits per heavy atom. The summed E-state index contributed by atoms with van der Waals surface area (Å²) in [6.07, 6.45) is -4.61. The topological polar surface area (TPSA) is 44.5 Å². The van der Waals surface area contributed by atoms with Gasteiger partial charge in [-0.25, -0.2) is 0 Å². The van der Waals surface area contributed by atoms with Gasteiger partial charge in [-0.05, 0) is 24.6 Å². The molecule has 1 aromatic rings. The van der Waals surface area contributed by atoms with Gasteiger partial charge in [0.2, 0.25) is 0 Å². The predicted octanol–water partition coefficient (Wildman–Crippen LogP) is 2.62. The molecule has 96 valence electrons. The molecule has 0 bridgehead atoms. The largest absolute Gasteiger partial charge is 0.522 e. The van der Waals surface area contributed by atoms with Crippen molar-refractivity contribution in [2.24, 2.45) is 5.73 Å². The first kappa shape index (κ1) is 13.8. The fraction of sp³-hybridized carbons (Fsp3) is 0.455. The summed E-state index contributed by atoms with van der Waals surface area (Å²) in [6, 6.07) is 6.75. The highest BCUT2D eigenvalue weighted by Crippen LogP contribution is 2.18. The fourth-order valence-electron chi connectivity index (χ4n) is 1.20. The van der Waals surface area contributed by atoms with Crippen LogP contribution in [0.3, 0.4) is 0 Å². The van der Waals surface area contributed by atoms with Gasteiger partial charge in [0.05, 0.1) is 6.61 Å². The van der Waals surface area contributed by atoms with Gasteiger partial charge in [0, 0.05) is 6.04 Å². The van der Waals surface area contributed by atoms with Crippen LogP contribution in [0.5, 0.6) is 5.75 Å². The molecule has 0 aromatic heterocycles. The van der Waals surface area contributed by atoms with E-state index in [2.05, 4.69) is 4.74 Å². The van der Waals surface area contributed by atoms with Gasteiger partial charge in [-0.15, -0.1) is 13.2 Å². The quantitative estimate of drug-likeness (QED) is 0.816. The maximum absolute atomic E-state index is 11.7. The van der Waals surface area contributed by atoms with Crippen LogP contribution in [-0.4, -0.2) is 19.6 Å². The summed E-state index contributed by atoms with van der Waals surface area (Å²) in [4.78, 5) is 0. The summed E-state index contributed by atoms with van der Waals surface area (Å²) in [5.74, 6) is 0.477. The van der Waals surface area contributed by atoms with Crippen LogP contribution in [0.1, 0.15) is 18.5 Å². The van der Waals surface area contributed by atoms with E-state index in [9.17, 15) is 13.2 Å². The normalized spacial score (nSPS) is 13.5. The monoisotopic (exact) mass is 249 g/mol. The van der Waals surface area contributed by atoms with Crippen molar-refractivity contribution in [2.45, 2.75) is 19.3 Å². The van der Waals surface area contributed by atoms with E-state index in [1.165, 1.54) is 0 Å². The van der Waals surface area contributed by atoms with Gasteiger partial charge in [-0.1, -0.05) is 12.1 Å². The molecule has 0 spiro atoms. The lowest BCUT2D eigenvalue weighted by Gasteiger charge is -2.11. The van der Waals surface area contributed by atoms with Crippen LogP contribution in [-0.2, 0) is 4.74 Å². The van der Waals surface area contributed by atoms with Gasteiger partial charge >= 0.3 is 6.36 Å². The Hall–Kier alpha value is -1.27. The first-order valence-corrected chi connectivity index (χ1v) is 5.07. The molecule has 6 heteroatoms. The lowest BCUT2D eigenvalue weighted by Crippen LogP contribution is -2.18. The second-order valence-electron chi connectivity index (χ2n) is 3.50. The molecule has 3 nitrogen and oxygen atoms in total. The molecule has 2 N–H and O–H groups in total. The summed E-state index contributed by atoms with van der Waals surface area (Å²) in [7, 11) is 0. The zero-order valence-corrected chi connectivity index (χ0v) is 9.33. The number of hydrogen-bond donors (Lipinski definition) is 1. The van der Waals surface area contributed by atoms with E-state index in [0.29, 0.717) is 5.75 Å². The van der Waals surface area contributed by atoms with Gasteiger partial charge in [-0.3, -0.25) is 4.74 Å². The van der Waals surface area contributed by atoms with Crippen LogP contribution in [0.25, 0.3) is 0 Å². The zero-order chi connectivity index (χ0) is 12.9. The van der Waals surface area contributed by atoms with E-state index in [0.717, 1.165) is 5.56 Å². The number of benzene rings is 1. The third-order valence-electron chi connectivity index (χ3n) is 2.00. The second kappa shape index (κ2) is 5.88. The second-order valence-corrected chi connectivity index (χ2v) is 3.50. The van der Waals surface area contributed by atoms with Gasteiger partial charge in [0.25, 0.3) is 0 Å². The molecule has 0 saturated carbocycles.